The van der Waals surface area contributed by atoms with Gasteiger partial charge in [0.1, 0.15) is 6.61 Å². The number of para-hydroxylation sites is 2. The third-order valence-corrected chi connectivity index (χ3v) is 5.05. The molecule has 1 aromatic rings. The fourth-order valence-corrected chi connectivity index (χ4v) is 3.16. The number of quaternary nitrogens is 1. The van der Waals surface area contributed by atoms with Crippen molar-refractivity contribution in [2.24, 2.45) is 0 Å². The quantitative estimate of drug-likeness (QED) is 0.422. The number of fused-ring (bicyclic) bond motifs is 1. The first kappa shape index (κ1) is 21.3. The number of hydrogen-bond donors (Lipinski definition) is 0. The van der Waals surface area contributed by atoms with Gasteiger partial charge >= 0.3 is 0 Å². The number of hydrogen-bond acceptors (Lipinski definition) is 3. The van der Waals surface area contributed by atoms with E-state index >= 15 is 0 Å². The molecular weight excluding hydrogens is 370 g/mol. The highest BCUT2D eigenvalue weighted by Crippen LogP contribution is 2.30. The minimum atomic E-state index is 0. The molecule has 0 saturated carbocycles. The van der Waals surface area contributed by atoms with Crippen molar-refractivity contribution in [3.8, 4) is 11.5 Å². The molecular formula is C19H32BrNO3. The van der Waals surface area contributed by atoms with E-state index in [1.165, 1.54) is 37.1 Å². The molecule has 0 aliphatic carbocycles. The van der Waals surface area contributed by atoms with Crippen molar-refractivity contribution in [1.82, 2.24) is 0 Å². The predicted molar refractivity (Wildman–Crippen MR) is 93.2 cm³/mol. The summed E-state index contributed by atoms with van der Waals surface area (Å²) in [6.45, 7) is 13.8. The normalized spacial score (nSPS) is 16.5. The van der Waals surface area contributed by atoms with Crippen molar-refractivity contribution >= 4 is 0 Å². The van der Waals surface area contributed by atoms with Crippen LogP contribution < -0.4 is 26.5 Å². The second-order valence-electron chi connectivity index (χ2n) is 6.29. The van der Waals surface area contributed by atoms with E-state index in [1.54, 1.807) is 0 Å². The maximum atomic E-state index is 5.89. The smallest absolute Gasteiger partial charge is 0.161 e. The third-order valence-electron chi connectivity index (χ3n) is 5.05. The number of rotatable bonds is 10. The van der Waals surface area contributed by atoms with Gasteiger partial charge in [0, 0.05) is 6.61 Å². The van der Waals surface area contributed by atoms with Crippen LogP contribution in [0.2, 0.25) is 0 Å². The lowest BCUT2D eigenvalue weighted by Crippen LogP contribution is -3.00. The first-order chi connectivity index (χ1) is 11.2. The van der Waals surface area contributed by atoms with Gasteiger partial charge in [0.25, 0.3) is 0 Å². The van der Waals surface area contributed by atoms with Gasteiger partial charge in [-0.1, -0.05) is 12.1 Å². The van der Waals surface area contributed by atoms with Gasteiger partial charge in [0.2, 0.25) is 0 Å². The minimum absolute atomic E-state index is 0. The molecule has 5 heteroatoms. The van der Waals surface area contributed by atoms with Crippen LogP contribution in [0.3, 0.4) is 0 Å². The molecule has 0 fully saturated rings. The molecule has 24 heavy (non-hydrogen) atoms. The van der Waals surface area contributed by atoms with Gasteiger partial charge in [0.05, 0.1) is 32.8 Å². The summed E-state index contributed by atoms with van der Waals surface area (Å²) in [6, 6.07) is 7.80. The van der Waals surface area contributed by atoms with E-state index in [0.29, 0.717) is 13.2 Å². The number of nitrogens with zero attached hydrogens (tertiary/aromatic N) is 1. The van der Waals surface area contributed by atoms with Crippen molar-refractivity contribution < 1.29 is 35.7 Å². The largest absolute Gasteiger partial charge is 1.00 e. The summed E-state index contributed by atoms with van der Waals surface area (Å²) in [6.07, 6.45) is 2.34. The van der Waals surface area contributed by atoms with Crippen LogP contribution in [0.1, 0.15) is 33.6 Å². The van der Waals surface area contributed by atoms with E-state index in [4.69, 9.17) is 14.2 Å². The number of halogens is 1. The van der Waals surface area contributed by atoms with E-state index in [9.17, 15) is 0 Å². The monoisotopic (exact) mass is 401 g/mol. The molecule has 1 unspecified atom stereocenters. The van der Waals surface area contributed by atoms with Crippen LogP contribution in [0.5, 0.6) is 11.5 Å². The van der Waals surface area contributed by atoms with E-state index in [-0.39, 0.29) is 23.1 Å². The zero-order valence-corrected chi connectivity index (χ0v) is 16.9. The Morgan fingerprint density at radius 1 is 1.04 bits per heavy atom. The molecule has 1 heterocycles. The highest BCUT2D eigenvalue weighted by Gasteiger charge is 2.21. The first-order valence-corrected chi connectivity index (χ1v) is 9.04. The summed E-state index contributed by atoms with van der Waals surface area (Å²) in [4.78, 5) is 0. The van der Waals surface area contributed by atoms with Gasteiger partial charge in [-0.3, -0.25) is 0 Å². The average Bonchev–Trinajstić information content (AvgIpc) is 2.61. The number of benzene rings is 1. The maximum absolute atomic E-state index is 5.89. The van der Waals surface area contributed by atoms with Crippen LogP contribution in [0.25, 0.3) is 0 Å². The average molecular weight is 402 g/mol. The number of unbranched alkanes of at least 4 members (excludes halogenated alkanes) is 1. The van der Waals surface area contributed by atoms with Crippen LogP contribution in [0.15, 0.2) is 24.3 Å². The Bertz CT molecular complexity index is 457. The highest BCUT2D eigenvalue weighted by atomic mass is 79.9. The fraction of sp³-hybridized carbons (Fsp3) is 0.684. The van der Waals surface area contributed by atoms with Crippen LogP contribution in [0.4, 0.5) is 0 Å². The second kappa shape index (κ2) is 11.0. The molecule has 0 bridgehead atoms. The van der Waals surface area contributed by atoms with Gasteiger partial charge in [-0.15, -0.1) is 0 Å². The molecule has 2 rings (SSSR count). The Labute approximate surface area is 157 Å². The molecule has 0 N–H and O–H groups in total. The Kier molecular flexibility index (Phi) is 9.71. The summed E-state index contributed by atoms with van der Waals surface area (Å²) in [5.74, 6) is 1.65. The highest BCUT2D eigenvalue weighted by molar-refractivity contribution is 5.40. The molecule has 4 nitrogen and oxygen atoms in total. The van der Waals surface area contributed by atoms with Crippen LogP contribution >= 0.6 is 0 Å². The Morgan fingerprint density at radius 2 is 1.71 bits per heavy atom. The lowest BCUT2D eigenvalue weighted by Gasteiger charge is -2.35. The van der Waals surface area contributed by atoms with E-state index in [1.807, 2.05) is 24.3 Å². The summed E-state index contributed by atoms with van der Waals surface area (Å²) >= 11 is 0. The lowest BCUT2D eigenvalue weighted by molar-refractivity contribution is -0.923. The fourth-order valence-electron chi connectivity index (χ4n) is 3.16. The third kappa shape index (κ3) is 5.94. The number of ether oxygens (including phenoxy) is 3. The first-order valence-electron chi connectivity index (χ1n) is 9.04. The summed E-state index contributed by atoms with van der Waals surface area (Å²) < 4.78 is 18.6. The zero-order chi connectivity index (χ0) is 16.5. The topological polar surface area (TPSA) is 27.7 Å². The van der Waals surface area contributed by atoms with Gasteiger partial charge in [-0.2, -0.15) is 0 Å². The summed E-state index contributed by atoms with van der Waals surface area (Å²) in [5.41, 5.74) is 0. The molecule has 0 amide bonds. The van der Waals surface area contributed by atoms with Crippen LogP contribution in [-0.2, 0) is 4.74 Å². The SMILES string of the molecule is CC[N+](CC)(CC)CCCCOCC1COc2ccccc2O1.[Br-]. The van der Waals surface area contributed by atoms with Crippen molar-refractivity contribution in [2.75, 3.05) is 46.0 Å². The van der Waals surface area contributed by atoms with Crippen molar-refractivity contribution in [2.45, 2.75) is 39.7 Å². The van der Waals surface area contributed by atoms with E-state index in [2.05, 4.69) is 20.8 Å². The molecule has 0 spiro atoms. The summed E-state index contributed by atoms with van der Waals surface area (Å²) in [7, 11) is 0. The second-order valence-corrected chi connectivity index (χ2v) is 6.29. The molecule has 1 atom stereocenters. The molecule has 138 valence electrons. The van der Waals surface area contributed by atoms with E-state index in [0.717, 1.165) is 24.5 Å². The molecule has 1 aliphatic heterocycles. The molecule has 0 radical (unpaired) electrons. The Morgan fingerprint density at radius 3 is 2.38 bits per heavy atom. The minimum Gasteiger partial charge on any atom is -1.00 e. The van der Waals surface area contributed by atoms with Gasteiger partial charge in [0.15, 0.2) is 17.6 Å². The standard InChI is InChI=1S/C19H32NO3.BrH/c1-4-20(5-2,6-3)13-9-10-14-21-15-17-16-22-18-11-7-8-12-19(18)23-17;/h7-8,11-12,17H,4-6,9-10,13-16H2,1-3H3;1H/q+1;/p-1. The maximum Gasteiger partial charge on any atom is 0.161 e. The van der Waals surface area contributed by atoms with Crippen LogP contribution in [-0.4, -0.2) is 56.6 Å². The van der Waals surface area contributed by atoms with Crippen LogP contribution in [0, 0.1) is 0 Å². The lowest BCUT2D eigenvalue weighted by atomic mass is 10.2. The Hall–Kier alpha value is -0.780. The van der Waals surface area contributed by atoms with Crippen molar-refractivity contribution in [3.05, 3.63) is 24.3 Å². The van der Waals surface area contributed by atoms with Crippen molar-refractivity contribution in [1.29, 1.82) is 0 Å². The Balaban J connectivity index is 0.00000288. The predicted octanol–water partition coefficient (Wildman–Crippen LogP) is 0.504. The van der Waals surface area contributed by atoms with Gasteiger partial charge in [-0.05, 0) is 45.7 Å². The molecule has 1 aliphatic rings. The molecule has 0 aromatic heterocycles. The van der Waals surface area contributed by atoms with E-state index < -0.39 is 0 Å². The van der Waals surface area contributed by atoms with Crippen molar-refractivity contribution in [3.63, 3.8) is 0 Å². The molecule has 0 saturated heterocycles. The zero-order valence-electron chi connectivity index (χ0n) is 15.3. The van der Waals surface area contributed by atoms with Gasteiger partial charge < -0.3 is 35.7 Å². The molecule has 1 aromatic carbocycles. The summed E-state index contributed by atoms with van der Waals surface area (Å²) in [5, 5.41) is 0. The van der Waals surface area contributed by atoms with Gasteiger partial charge in [-0.25, -0.2) is 0 Å².